The van der Waals surface area contributed by atoms with Crippen LogP contribution in [-0.4, -0.2) is 94.3 Å². The Morgan fingerprint density at radius 1 is 0.589 bits per heavy atom. The number of ether oxygens (including phenoxy) is 1. The van der Waals surface area contributed by atoms with Gasteiger partial charge in [-0.05, 0) is 71.8 Å². The average molecular weight is 1010 g/mol. The Balaban J connectivity index is 1.18. The van der Waals surface area contributed by atoms with E-state index in [2.05, 4.69) is 36.1 Å². The SMILES string of the molecule is Cn1cc(CC2NC(=O)[C@@H](c3ccccc3)NC(=O)[C@@H]3CC(OP)CN3C(=O)[C@@H](Cc3ccccc3)NC(=O)[C@@H](Cc3ccc(OCc4ccccc4)cc3)NC(=O)[C@@H](CCCCN)NC2=O)c2ccccc21. The van der Waals surface area contributed by atoms with Crippen LogP contribution in [0.4, 0.5) is 0 Å². The number of aryl methyl sites for hydroxylation is 1. The van der Waals surface area contributed by atoms with Crippen LogP contribution in [0.5, 0.6) is 5.75 Å². The Hall–Kier alpha value is -7.39. The maximum Gasteiger partial charge on any atom is 0.247 e. The molecule has 17 heteroatoms. The molecule has 3 heterocycles. The van der Waals surface area contributed by atoms with E-state index in [1.165, 1.54) is 4.90 Å². The minimum atomic E-state index is -1.32. The molecule has 73 heavy (non-hydrogen) atoms. The van der Waals surface area contributed by atoms with Gasteiger partial charge in [-0.1, -0.05) is 121 Å². The zero-order chi connectivity index (χ0) is 51.3. The average Bonchev–Trinajstić information content (AvgIpc) is 4.00. The van der Waals surface area contributed by atoms with E-state index in [4.69, 9.17) is 15.0 Å². The van der Waals surface area contributed by atoms with E-state index < -0.39 is 77.8 Å². The Morgan fingerprint density at radius 3 is 1.84 bits per heavy atom. The van der Waals surface area contributed by atoms with Gasteiger partial charge in [0.05, 0.1) is 6.10 Å². The molecule has 2 fully saturated rings. The van der Waals surface area contributed by atoms with E-state index in [9.17, 15) is 24.0 Å². The number of amides is 6. The number of fused-ring (bicyclic) bond motifs is 2. The minimum Gasteiger partial charge on any atom is -0.489 e. The monoisotopic (exact) mass is 1010 g/mol. The summed E-state index contributed by atoms with van der Waals surface area (Å²) in [5.74, 6) is -3.25. The molecular formula is C56H63N8O8P. The minimum absolute atomic E-state index is 0.000391. The zero-order valence-electron chi connectivity index (χ0n) is 40.8. The van der Waals surface area contributed by atoms with Gasteiger partial charge in [0.2, 0.25) is 35.4 Å². The van der Waals surface area contributed by atoms with E-state index in [0.717, 1.165) is 27.6 Å². The maximum absolute atomic E-state index is 15.1. The molecule has 2 aliphatic heterocycles. The first-order valence-corrected chi connectivity index (χ1v) is 25.2. The smallest absolute Gasteiger partial charge is 0.247 e. The van der Waals surface area contributed by atoms with Crippen LogP contribution in [0.1, 0.15) is 59.5 Å². The van der Waals surface area contributed by atoms with Gasteiger partial charge in [-0.3, -0.25) is 28.8 Å². The maximum atomic E-state index is 15.1. The molecule has 5 aromatic carbocycles. The number of hydrogen-bond acceptors (Lipinski definition) is 9. The fourth-order valence-corrected chi connectivity index (χ4v) is 9.78. The molecule has 0 aliphatic carbocycles. The molecule has 0 spiro atoms. The summed E-state index contributed by atoms with van der Waals surface area (Å²) in [5.41, 5.74) is 10.4. The molecule has 0 saturated carbocycles. The van der Waals surface area contributed by atoms with E-state index in [-0.39, 0.29) is 38.6 Å². The summed E-state index contributed by atoms with van der Waals surface area (Å²) < 4.78 is 13.6. The lowest BCUT2D eigenvalue weighted by molar-refractivity contribution is -0.143. The van der Waals surface area contributed by atoms with Crippen LogP contribution in [0.15, 0.2) is 146 Å². The quantitative estimate of drug-likeness (QED) is 0.0631. The van der Waals surface area contributed by atoms with E-state index in [1.807, 2.05) is 103 Å². The van der Waals surface area contributed by atoms with Crippen LogP contribution in [0, 0.1) is 0 Å². The number of unbranched alkanes of at least 4 members (excludes halogenated alkanes) is 1. The number of carbonyl (C=O) groups is 6. The lowest BCUT2D eigenvalue weighted by Gasteiger charge is -2.32. The highest BCUT2D eigenvalue weighted by atomic mass is 31.0. The fourth-order valence-electron chi connectivity index (χ4n) is 9.58. The Bertz CT molecular complexity index is 2850. The molecule has 2 aliphatic rings. The first kappa shape index (κ1) is 51.9. The summed E-state index contributed by atoms with van der Waals surface area (Å²) in [7, 11) is 4.09. The molecule has 0 bridgehead atoms. The van der Waals surface area contributed by atoms with Crippen molar-refractivity contribution < 1.29 is 38.0 Å². The fraction of sp³-hybridized carbons (Fsp3) is 0.321. The molecule has 16 nitrogen and oxygen atoms in total. The number of nitrogens with two attached hydrogens (primary N) is 1. The first-order chi connectivity index (χ1) is 35.5. The van der Waals surface area contributed by atoms with Gasteiger partial charge in [0.15, 0.2) is 0 Å². The Labute approximate surface area is 427 Å². The second kappa shape index (κ2) is 24.8. The molecule has 2 saturated heterocycles. The normalized spacial score (nSPS) is 22.3. The summed E-state index contributed by atoms with van der Waals surface area (Å²) in [4.78, 5) is 90.8. The summed E-state index contributed by atoms with van der Waals surface area (Å²) in [6, 6.07) is 35.0. The molecule has 7 N–H and O–H groups in total. The first-order valence-electron chi connectivity index (χ1n) is 24.7. The van der Waals surface area contributed by atoms with Gasteiger partial charge in [0.1, 0.15) is 48.6 Å². The van der Waals surface area contributed by atoms with E-state index >= 15 is 4.79 Å². The van der Waals surface area contributed by atoms with Crippen molar-refractivity contribution in [3.63, 3.8) is 0 Å². The van der Waals surface area contributed by atoms with Crippen molar-refractivity contribution >= 4 is 55.8 Å². The highest BCUT2D eigenvalue weighted by Gasteiger charge is 2.44. The topological polar surface area (TPSA) is 215 Å². The van der Waals surface area contributed by atoms with Crippen molar-refractivity contribution in [2.75, 3.05) is 13.1 Å². The van der Waals surface area contributed by atoms with Crippen molar-refractivity contribution in [3.05, 3.63) is 174 Å². The van der Waals surface area contributed by atoms with Crippen LogP contribution >= 0.6 is 9.47 Å². The van der Waals surface area contributed by atoms with Crippen molar-refractivity contribution in [2.24, 2.45) is 12.8 Å². The number of carbonyl (C=O) groups excluding carboxylic acids is 6. The number of hydrogen-bond donors (Lipinski definition) is 6. The van der Waals surface area contributed by atoms with Crippen LogP contribution < -0.4 is 37.1 Å². The highest BCUT2D eigenvalue weighted by molar-refractivity contribution is 7.09. The molecule has 3 unspecified atom stereocenters. The third kappa shape index (κ3) is 13.4. The van der Waals surface area contributed by atoms with Crippen LogP contribution in [0.25, 0.3) is 10.9 Å². The van der Waals surface area contributed by atoms with Gasteiger partial charge >= 0.3 is 0 Å². The molecule has 380 valence electrons. The Morgan fingerprint density at radius 2 is 1.15 bits per heavy atom. The zero-order valence-corrected chi connectivity index (χ0v) is 41.9. The van der Waals surface area contributed by atoms with Crippen molar-refractivity contribution in [2.45, 2.75) is 93.9 Å². The second-order valence-corrected chi connectivity index (χ2v) is 19.0. The molecule has 6 aromatic rings. The van der Waals surface area contributed by atoms with Crippen molar-refractivity contribution in [3.8, 4) is 5.75 Å². The predicted molar refractivity (Wildman–Crippen MR) is 280 cm³/mol. The second-order valence-electron chi connectivity index (χ2n) is 18.7. The molecule has 6 amide bonds. The molecule has 8 rings (SSSR count). The number of nitrogens with one attached hydrogen (secondary N) is 5. The largest absolute Gasteiger partial charge is 0.489 e. The van der Waals surface area contributed by atoms with Gasteiger partial charge < -0.3 is 51.0 Å². The molecule has 1 aromatic heterocycles. The summed E-state index contributed by atoms with van der Waals surface area (Å²) in [6.45, 7) is 0.683. The third-order valence-electron chi connectivity index (χ3n) is 13.5. The van der Waals surface area contributed by atoms with Gasteiger partial charge in [-0.25, -0.2) is 0 Å². The standard InChI is InChI=1S/C56H63N8O8P/c1-63-33-40(43-21-11-12-23-48(43)63)31-46-53(67)58-44(22-13-14-28-57)51(65)59-45(29-37-24-26-41(27-25-37)71-35-38-17-7-3-8-18-38)52(66)61-47(30-36-15-5-2-6-16-36)56(70)64-34-42(72-73)32-49(64)54(68)62-50(55(69)60-46)39-19-9-4-10-20-39/h2-12,15-21,23-27,33,42,44-47,49-50H,13-14,22,28-32,34-35,57,73H2,1H3,(H,58,67)(H,59,65)(H,60,69)(H,61,66)(H,62,68)/t42?,44-,45-,46?,47-,49+,50-/m1/s1. The van der Waals surface area contributed by atoms with Gasteiger partial charge in [-0.2, -0.15) is 0 Å². The lowest BCUT2D eigenvalue weighted by Crippen LogP contribution is -2.61. The third-order valence-corrected chi connectivity index (χ3v) is 13.9. The van der Waals surface area contributed by atoms with Crippen LogP contribution in [0.3, 0.4) is 0 Å². The molecular weight excluding hydrogens is 944 g/mol. The van der Waals surface area contributed by atoms with Gasteiger partial charge in [0, 0.05) is 65.8 Å². The highest BCUT2D eigenvalue weighted by Crippen LogP contribution is 2.27. The van der Waals surface area contributed by atoms with Crippen LogP contribution in [0.2, 0.25) is 0 Å². The number of benzene rings is 5. The van der Waals surface area contributed by atoms with Gasteiger partial charge in [-0.15, -0.1) is 0 Å². The van der Waals surface area contributed by atoms with Crippen molar-refractivity contribution in [1.29, 1.82) is 0 Å². The van der Waals surface area contributed by atoms with Crippen molar-refractivity contribution in [1.82, 2.24) is 36.1 Å². The number of para-hydroxylation sites is 1. The van der Waals surface area contributed by atoms with E-state index in [0.29, 0.717) is 42.9 Å². The van der Waals surface area contributed by atoms with Crippen LogP contribution in [-0.2, 0) is 66.2 Å². The van der Waals surface area contributed by atoms with Gasteiger partial charge in [0.25, 0.3) is 0 Å². The Kier molecular flexibility index (Phi) is 17.7. The predicted octanol–water partition coefficient (Wildman–Crippen LogP) is 4.50. The summed E-state index contributed by atoms with van der Waals surface area (Å²) in [5, 5.41) is 15.6. The lowest BCUT2D eigenvalue weighted by atomic mass is 9.99. The van der Waals surface area contributed by atoms with E-state index in [1.54, 1.807) is 54.6 Å². The summed E-state index contributed by atoms with van der Waals surface area (Å²) >= 11 is 0. The molecule has 8 atom stereocenters. The number of aromatic nitrogens is 1. The number of rotatable bonds is 15. The summed E-state index contributed by atoms with van der Waals surface area (Å²) in [6.07, 6.45) is 2.58. The molecule has 0 radical (unpaired) electrons. The number of nitrogens with zero attached hydrogens (tertiary/aromatic N) is 2.